The molecule has 5 heteroatoms. The van der Waals surface area contributed by atoms with E-state index in [0.29, 0.717) is 0 Å². The fourth-order valence-corrected chi connectivity index (χ4v) is 2.52. The van der Waals surface area contributed by atoms with Gasteiger partial charge in [0, 0.05) is 5.54 Å². The standard InChI is InChI=1S/C14H18FNO3/c1-14(5-4-6-16-14)9-7-10(13(17)19-3)12(18-2)11(15)8-9/h7-8,16H,4-6H2,1-3H3. The van der Waals surface area contributed by atoms with Gasteiger partial charge in [0.15, 0.2) is 11.6 Å². The number of nitrogens with one attached hydrogen (secondary N) is 1. The average molecular weight is 267 g/mol. The van der Waals surface area contributed by atoms with Crippen LogP contribution in [-0.2, 0) is 10.3 Å². The number of halogens is 1. The fraction of sp³-hybridized carbons (Fsp3) is 0.500. The summed E-state index contributed by atoms with van der Waals surface area (Å²) in [5.74, 6) is -1.22. The second kappa shape index (κ2) is 5.17. The Morgan fingerprint density at radius 3 is 2.68 bits per heavy atom. The Labute approximate surface area is 111 Å². The highest BCUT2D eigenvalue weighted by atomic mass is 19.1. The van der Waals surface area contributed by atoms with Gasteiger partial charge in [-0.3, -0.25) is 0 Å². The third-order valence-electron chi connectivity index (χ3n) is 3.66. The molecular formula is C14H18FNO3. The van der Waals surface area contributed by atoms with Crippen LogP contribution >= 0.6 is 0 Å². The smallest absolute Gasteiger partial charge is 0.341 e. The van der Waals surface area contributed by atoms with Gasteiger partial charge < -0.3 is 14.8 Å². The molecular weight excluding hydrogens is 249 g/mol. The molecule has 1 aliphatic rings. The van der Waals surface area contributed by atoms with Gasteiger partial charge in [0.25, 0.3) is 0 Å². The van der Waals surface area contributed by atoms with Crippen molar-refractivity contribution in [3.63, 3.8) is 0 Å². The lowest BCUT2D eigenvalue weighted by Gasteiger charge is -2.26. The van der Waals surface area contributed by atoms with Crippen molar-refractivity contribution >= 4 is 5.97 Å². The number of carbonyl (C=O) groups is 1. The number of ether oxygens (including phenoxy) is 2. The van der Waals surface area contributed by atoms with Crippen LogP contribution in [0.1, 0.15) is 35.7 Å². The van der Waals surface area contributed by atoms with E-state index in [1.54, 1.807) is 6.07 Å². The molecule has 1 saturated heterocycles. The quantitative estimate of drug-likeness (QED) is 0.853. The van der Waals surface area contributed by atoms with Crippen molar-refractivity contribution in [2.45, 2.75) is 25.3 Å². The van der Waals surface area contributed by atoms with Gasteiger partial charge in [-0.25, -0.2) is 9.18 Å². The molecule has 19 heavy (non-hydrogen) atoms. The van der Waals surface area contributed by atoms with Crippen LogP contribution in [0.25, 0.3) is 0 Å². The average Bonchev–Trinajstić information content (AvgIpc) is 2.85. The summed E-state index contributed by atoms with van der Waals surface area (Å²) in [5.41, 5.74) is 0.550. The predicted molar refractivity (Wildman–Crippen MR) is 68.9 cm³/mol. The largest absolute Gasteiger partial charge is 0.493 e. The lowest BCUT2D eigenvalue weighted by Crippen LogP contribution is -2.33. The molecule has 0 spiro atoms. The summed E-state index contributed by atoms with van der Waals surface area (Å²) < 4.78 is 23.7. The van der Waals surface area contributed by atoms with E-state index < -0.39 is 11.8 Å². The molecule has 2 rings (SSSR count). The molecule has 1 atom stereocenters. The zero-order chi connectivity index (χ0) is 14.0. The molecule has 0 aromatic heterocycles. The van der Waals surface area contributed by atoms with E-state index in [4.69, 9.17) is 4.74 Å². The van der Waals surface area contributed by atoms with Gasteiger partial charge in [-0.1, -0.05) is 0 Å². The van der Waals surface area contributed by atoms with Gasteiger partial charge in [0.05, 0.1) is 14.2 Å². The first kappa shape index (κ1) is 13.8. The van der Waals surface area contributed by atoms with Crippen molar-refractivity contribution in [1.82, 2.24) is 5.32 Å². The summed E-state index contributed by atoms with van der Waals surface area (Å²) in [4.78, 5) is 11.7. The highest BCUT2D eigenvalue weighted by Crippen LogP contribution is 2.35. The van der Waals surface area contributed by atoms with E-state index in [2.05, 4.69) is 10.1 Å². The number of hydrogen-bond donors (Lipinski definition) is 1. The number of rotatable bonds is 3. The van der Waals surface area contributed by atoms with E-state index in [-0.39, 0.29) is 16.9 Å². The minimum absolute atomic E-state index is 0.0720. The normalized spacial score (nSPS) is 22.3. The molecule has 1 unspecified atom stereocenters. The molecule has 4 nitrogen and oxygen atoms in total. The van der Waals surface area contributed by atoms with Crippen LogP contribution in [0.2, 0.25) is 0 Å². The Bertz CT molecular complexity index is 496. The molecule has 1 aliphatic heterocycles. The summed E-state index contributed by atoms with van der Waals surface area (Å²) >= 11 is 0. The maximum Gasteiger partial charge on any atom is 0.341 e. The van der Waals surface area contributed by atoms with Crippen LogP contribution in [0.3, 0.4) is 0 Å². The van der Waals surface area contributed by atoms with E-state index in [1.165, 1.54) is 20.3 Å². The molecule has 0 radical (unpaired) electrons. The second-order valence-corrected chi connectivity index (χ2v) is 4.89. The van der Waals surface area contributed by atoms with Crippen molar-refractivity contribution < 1.29 is 18.7 Å². The molecule has 0 amide bonds. The molecule has 1 N–H and O–H groups in total. The first-order valence-corrected chi connectivity index (χ1v) is 6.23. The number of esters is 1. The Kier molecular flexibility index (Phi) is 3.75. The Hall–Kier alpha value is -1.62. The van der Waals surface area contributed by atoms with Gasteiger partial charge in [-0.05, 0) is 44.0 Å². The molecule has 104 valence electrons. The van der Waals surface area contributed by atoms with E-state index in [0.717, 1.165) is 24.9 Å². The third kappa shape index (κ3) is 2.42. The van der Waals surface area contributed by atoms with Crippen molar-refractivity contribution in [3.8, 4) is 5.75 Å². The fourth-order valence-electron chi connectivity index (χ4n) is 2.52. The van der Waals surface area contributed by atoms with Crippen molar-refractivity contribution in [2.24, 2.45) is 0 Å². The first-order valence-electron chi connectivity index (χ1n) is 6.23. The van der Waals surface area contributed by atoms with Gasteiger partial charge in [0.1, 0.15) is 5.56 Å². The number of hydrogen-bond acceptors (Lipinski definition) is 4. The zero-order valence-electron chi connectivity index (χ0n) is 11.4. The van der Waals surface area contributed by atoms with Crippen LogP contribution in [-0.4, -0.2) is 26.7 Å². The number of carbonyl (C=O) groups excluding carboxylic acids is 1. The number of benzene rings is 1. The maximum atomic E-state index is 14.1. The van der Waals surface area contributed by atoms with Crippen LogP contribution in [0.4, 0.5) is 4.39 Å². The molecule has 0 bridgehead atoms. The second-order valence-electron chi connectivity index (χ2n) is 4.89. The van der Waals surface area contributed by atoms with Gasteiger partial charge >= 0.3 is 5.97 Å². The summed E-state index contributed by atoms with van der Waals surface area (Å²) in [6.07, 6.45) is 1.93. The van der Waals surface area contributed by atoms with E-state index >= 15 is 0 Å². The van der Waals surface area contributed by atoms with Gasteiger partial charge in [0.2, 0.25) is 0 Å². The monoisotopic (exact) mass is 267 g/mol. The zero-order valence-corrected chi connectivity index (χ0v) is 11.4. The van der Waals surface area contributed by atoms with Crippen molar-refractivity contribution in [1.29, 1.82) is 0 Å². The summed E-state index contributed by atoms with van der Waals surface area (Å²) in [7, 11) is 2.60. The highest BCUT2D eigenvalue weighted by molar-refractivity contribution is 5.92. The van der Waals surface area contributed by atoms with Crippen molar-refractivity contribution in [3.05, 3.63) is 29.1 Å². The van der Waals surface area contributed by atoms with Gasteiger partial charge in [-0.15, -0.1) is 0 Å². The molecule has 1 aromatic carbocycles. The van der Waals surface area contributed by atoms with Crippen LogP contribution in [0, 0.1) is 5.82 Å². The third-order valence-corrected chi connectivity index (χ3v) is 3.66. The van der Waals surface area contributed by atoms with E-state index in [9.17, 15) is 9.18 Å². The lowest BCUT2D eigenvalue weighted by molar-refractivity contribution is 0.0596. The Balaban J connectivity index is 2.53. The van der Waals surface area contributed by atoms with Crippen molar-refractivity contribution in [2.75, 3.05) is 20.8 Å². The maximum absolute atomic E-state index is 14.1. The topological polar surface area (TPSA) is 47.6 Å². The SMILES string of the molecule is COC(=O)c1cc(C2(C)CCCN2)cc(F)c1OC. The summed E-state index contributed by atoms with van der Waals surface area (Å²) in [6.45, 7) is 2.89. The molecule has 0 aliphatic carbocycles. The Morgan fingerprint density at radius 2 is 2.16 bits per heavy atom. The molecule has 1 aromatic rings. The lowest BCUT2D eigenvalue weighted by atomic mass is 9.89. The molecule has 1 heterocycles. The predicted octanol–water partition coefficient (Wildman–Crippen LogP) is 2.22. The minimum atomic E-state index is -0.598. The summed E-state index contributed by atoms with van der Waals surface area (Å²) in [6, 6.07) is 3.07. The van der Waals surface area contributed by atoms with Crippen LogP contribution < -0.4 is 10.1 Å². The number of methoxy groups -OCH3 is 2. The Morgan fingerprint density at radius 1 is 1.42 bits per heavy atom. The molecule has 1 fully saturated rings. The summed E-state index contributed by atoms with van der Waals surface area (Å²) in [5, 5.41) is 3.34. The highest BCUT2D eigenvalue weighted by Gasteiger charge is 2.32. The van der Waals surface area contributed by atoms with Gasteiger partial charge in [-0.2, -0.15) is 0 Å². The van der Waals surface area contributed by atoms with Crippen LogP contribution in [0.15, 0.2) is 12.1 Å². The first-order chi connectivity index (χ1) is 9.01. The molecule has 0 saturated carbocycles. The van der Waals surface area contributed by atoms with E-state index in [1.807, 2.05) is 6.92 Å². The minimum Gasteiger partial charge on any atom is -0.493 e. The van der Waals surface area contributed by atoms with Crippen LogP contribution in [0.5, 0.6) is 5.75 Å².